The van der Waals surface area contributed by atoms with Gasteiger partial charge in [-0.15, -0.1) is 0 Å². The zero-order valence-corrected chi connectivity index (χ0v) is 23.3. The number of hydrogen-bond acceptors (Lipinski definition) is 6. The number of halogens is 2. The van der Waals surface area contributed by atoms with Gasteiger partial charge in [-0.1, -0.05) is 57.5 Å². The summed E-state index contributed by atoms with van der Waals surface area (Å²) in [5.74, 6) is 1.22. The molecule has 0 atom stereocenters. The van der Waals surface area contributed by atoms with Crippen LogP contribution < -0.4 is 5.56 Å². The third-order valence-electron chi connectivity index (χ3n) is 5.66. The van der Waals surface area contributed by atoms with Crippen molar-refractivity contribution in [3.05, 3.63) is 109 Å². The fraction of sp³-hybridized carbons (Fsp3) is 0.0357. The van der Waals surface area contributed by atoms with Gasteiger partial charge < -0.3 is 8.83 Å². The third-order valence-corrected chi connectivity index (χ3v) is 8.00. The van der Waals surface area contributed by atoms with Gasteiger partial charge in [-0.25, -0.2) is 4.98 Å². The molecule has 0 aliphatic carbocycles. The second-order valence-corrected chi connectivity index (χ2v) is 11.1. The predicted molar refractivity (Wildman–Crippen MR) is 154 cm³/mol. The fourth-order valence-corrected chi connectivity index (χ4v) is 5.55. The summed E-state index contributed by atoms with van der Waals surface area (Å²) >= 11 is 8.55. The van der Waals surface area contributed by atoms with Gasteiger partial charge in [0.2, 0.25) is 5.82 Å². The number of furan rings is 2. The highest BCUT2D eigenvalue weighted by Gasteiger charge is 2.17. The van der Waals surface area contributed by atoms with Crippen molar-refractivity contribution in [2.45, 2.75) is 16.9 Å². The maximum Gasteiger partial charge on any atom is 0.282 e. The van der Waals surface area contributed by atoms with E-state index in [4.69, 9.17) is 13.8 Å². The highest BCUT2D eigenvalue weighted by Crippen LogP contribution is 2.36. The standard InChI is InChI=1S/C28H17Br2N3O3S/c1-16-6-9-20(10-7-16)37-28-22(30)14-19(35-28)15-31-33-26(32-23-5-3-2-4-21(23)27(33)34)25-13-17-12-18(29)8-11-24(17)36-25/h2-15H,1H3. The number of para-hydroxylation sites is 1. The van der Waals surface area contributed by atoms with Crippen molar-refractivity contribution in [3.8, 4) is 11.6 Å². The van der Waals surface area contributed by atoms with E-state index in [0.717, 1.165) is 19.2 Å². The second-order valence-electron chi connectivity index (χ2n) is 8.31. The van der Waals surface area contributed by atoms with Crippen molar-refractivity contribution < 1.29 is 8.83 Å². The Hall–Kier alpha value is -3.40. The van der Waals surface area contributed by atoms with Crippen LogP contribution in [0.5, 0.6) is 0 Å². The first-order valence-electron chi connectivity index (χ1n) is 11.2. The van der Waals surface area contributed by atoms with Crippen molar-refractivity contribution >= 4 is 71.7 Å². The molecule has 3 aromatic heterocycles. The van der Waals surface area contributed by atoms with E-state index in [0.29, 0.717) is 38.9 Å². The highest BCUT2D eigenvalue weighted by atomic mass is 79.9. The summed E-state index contributed by atoms with van der Waals surface area (Å²) in [6.45, 7) is 2.05. The molecule has 0 saturated heterocycles. The Bertz CT molecular complexity index is 1870. The predicted octanol–water partition coefficient (Wildman–Crippen LogP) is 8.27. The van der Waals surface area contributed by atoms with Crippen LogP contribution >= 0.6 is 43.6 Å². The van der Waals surface area contributed by atoms with Crippen molar-refractivity contribution in [1.29, 1.82) is 0 Å². The fourth-order valence-electron chi connectivity index (χ4n) is 3.84. The van der Waals surface area contributed by atoms with Crippen LogP contribution in [0.1, 0.15) is 11.3 Å². The molecule has 6 nitrogen and oxygen atoms in total. The first kappa shape index (κ1) is 24.0. The van der Waals surface area contributed by atoms with E-state index >= 15 is 0 Å². The topological polar surface area (TPSA) is 73.5 Å². The molecule has 0 aliphatic heterocycles. The van der Waals surface area contributed by atoms with Gasteiger partial charge in [0, 0.05) is 20.8 Å². The van der Waals surface area contributed by atoms with E-state index in [1.54, 1.807) is 18.2 Å². The van der Waals surface area contributed by atoms with Crippen molar-refractivity contribution in [1.82, 2.24) is 9.66 Å². The smallest absolute Gasteiger partial charge is 0.282 e. The molecule has 0 N–H and O–H groups in total. The average Bonchev–Trinajstić information content (AvgIpc) is 3.47. The highest BCUT2D eigenvalue weighted by molar-refractivity contribution is 9.10. The maximum atomic E-state index is 13.5. The molecule has 0 amide bonds. The maximum absolute atomic E-state index is 13.5. The molecule has 9 heteroatoms. The summed E-state index contributed by atoms with van der Waals surface area (Å²) in [6.07, 6.45) is 1.50. The molecule has 0 radical (unpaired) electrons. The van der Waals surface area contributed by atoms with Gasteiger partial charge in [-0.05, 0) is 71.4 Å². The van der Waals surface area contributed by atoms with E-state index in [2.05, 4.69) is 49.1 Å². The van der Waals surface area contributed by atoms with E-state index in [1.165, 1.54) is 28.2 Å². The number of fused-ring (bicyclic) bond motifs is 2. The van der Waals surface area contributed by atoms with Crippen molar-refractivity contribution in [3.63, 3.8) is 0 Å². The van der Waals surface area contributed by atoms with Crippen molar-refractivity contribution in [2.24, 2.45) is 5.10 Å². The largest absolute Gasteiger partial charge is 0.453 e. The first-order valence-corrected chi connectivity index (χ1v) is 13.6. The number of hydrogen-bond donors (Lipinski definition) is 0. The molecule has 182 valence electrons. The minimum atomic E-state index is -0.307. The zero-order valence-electron chi connectivity index (χ0n) is 19.3. The van der Waals surface area contributed by atoms with Gasteiger partial charge in [-0.2, -0.15) is 9.78 Å². The molecule has 0 aliphatic rings. The Morgan fingerprint density at radius 3 is 2.62 bits per heavy atom. The van der Waals surface area contributed by atoms with Crippen LogP contribution in [0.2, 0.25) is 0 Å². The molecular formula is C28H17Br2N3O3S. The summed E-state index contributed by atoms with van der Waals surface area (Å²) in [7, 11) is 0. The quantitative estimate of drug-likeness (QED) is 0.178. The van der Waals surface area contributed by atoms with Crippen molar-refractivity contribution in [2.75, 3.05) is 0 Å². The monoisotopic (exact) mass is 633 g/mol. The van der Waals surface area contributed by atoms with E-state index in [1.807, 2.05) is 55.5 Å². The lowest BCUT2D eigenvalue weighted by Crippen LogP contribution is -2.20. The Morgan fingerprint density at radius 2 is 1.78 bits per heavy atom. The summed E-state index contributed by atoms with van der Waals surface area (Å²) in [4.78, 5) is 19.2. The van der Waals surface area contributed by atoms with Gasteiger partial charge in [0.05, 0.1) is 21.6 Å². The van der Waals surface area contributed by atoms with Crippen LogP contribution in [-0.4, -0.2) is 15.9 Å². The molecule has 0 bridgehead atoms. The minimum Gasteiger partial charge on any atom is -0.453 e. The van der Waals surface area contributed by atoms with Gasteiger partial charge in [0.1, 0.15) is 11.3 Å². The number of benzene rings is 3. The van der Waals surface area contributed by atoms with Crippen LogP contribution in [0.4, 0.5) is 0 Å². The lowest BCUT2D eigenvalue weighted by atomic mass is 10.2. The summed E-state index contributed by atoms with van der Waals surface area (Å²) in [6, 6.07) is 24.7. The number of nitrogens with zero attached hydrogens (tertiary/aromatic N) is 3. The van der Waals surface area contributed by atoms with Crippen LogP contribution in [0.25, 0.3) is 33.5 Å². The van der Waals surface area contributed by atoms with Gasteiger partial charge in [-0.3, -0.25) is 4.79 Å². The molecule has 0 unspecified atom stereocenters. The molecule has 3 heterocycles. The SMILES string of the molecule is Cc1ccc(Sc2oc(C=Nn3c(-c4cc5cc(Br)ccc5o4)nc4ccccc4c3=O)cc2Br)cc1. The summed E-state index contributed by atoms with van der Waals surface area (Å²) in [5, 5.41) is 6.52. The lowest BCUT2D eigenvalue weighted by Gasteiger charge is -2.06. The van der Waals surface area contributed by atoms with Crippen LogP contribution in [-0.2, 0) is 0 Å². The Balaban J connectivity index is 1.42. The van der Waals surface area contributed by atoms with Gasteiger partial charge >= 0.3 is 0 Å². The van der Waals surface area contributed by atoms with Gasteiger partial charge in [0.15, 0.2) is 10.9 Å². The number of aromatic nitrogens is 2. The summed E-state index contributed by atoms with van der Waals surface area (Å²) in [5.41, 5.74) is 2.13. The second kappa shape index (κ2) is 9.81. The Morgan fingerprint density at radius 1 is 0.973 bits per heavy atom. The molecule has 3 aromatic carbocycles. The normalized spacial score (nSPS) is 11.8. The van der Waals surface area contributed by atoms with Crippen LogP contribution in [0.15, 0.2) is 117 Å². The third kappa shape index (κ3) is 4.82. The van der Waals surface area contributed by atoms with Crippen LogP contribution in [0, 0.1) is 6.92 Å². The first-order chi connectivity index (χ1) is 17.9. The molecular weight excluding hydrogens is 618 g/mol. The van der Waals surface area contributed by atoms with Crippen LogP contribution in [0.3, 0.4) is 0 Å². The average molecular weight is 635 g/mol. The van der Waals surface area contributed by atoms with E-state index in [9.17, 15) is 4.79 Å². The zero-order chi connectivity index (χ0) is 25.5. The molecule has 0 saturated carbocycles. The summed E-state index contributed by atoms with van der Waals surface area (Å²) < 4.78 is 15.0. The Kier molecular flexibility index (Phi) is 6.36. The Labute approximate surface area is 232 Å². The molecule has 0 fully saturated rings. The number of aryl methyl sites for hydroxylation is 1. The molecule has 0 spiro atoms. The van der Waals surface area contributed by atoms with E-state index < -0.39 is 0 Å². The molecule has 6 rings (SSSR count). The molecule has 6 aromatic rings. The minimum absolute atomic E-state index is 0.298. The number of rotatable bonds is 5. The lowest BCUT2D eigenvalue weighted by molar-refractivity contribution is 0.465. The van der Waals surface area contributed by atoms with Gasteiger partial charge in [0.25, 0.3) is 5.56 Å². The van der Waals surface area contributed by atoms with E-state index in [-0.39, 0.29) is 5.56 Å². The molecule has 37 heavy (non-hydrogen) atoms.